The van der Waals surface area contributed by atoms with Crippen LogP contribution in [0.25, 0.3) is 11.3 Å². The molecule has 1 aromatic carbocycles. The summed E-state index contributed by atoms with van der Waals surface area (Å²) in [6.07, 6.45) is -0.816. The van der Waals surface area contributed by atoms with Gasteiger partial charge in [-0.05, 0) is 31.0 Å². The Labute approximate surface area is 104 Å². The smallest absolute Gasteiger partial charge is 0.201 e. The highest BCUT2D eigenvalue weighted by Gasteiger charge is 2.11. The fraction of sp³-hybridized carbons (Fsp3) is 0.267. The van der Waals surface area contributed by atoms with Crippen LogP contribution >= 0.6 is 0 Å². The number of hydrogen-bond donors (Lipinski definition) is 0. The van der Waals surface area contributed by atoms with Crippen molar-refractivity contribution in [2.75, 3.05) is 0 Å². The van der Waals surface area contributed by atoms with Gasteiger partial charge in [0.15, 0.2) is 6.20 Å². The van der Waals surface area contributed by atoms with E-state index >= 15 is 0 Å². The molecular weight excluding hydrogens is 194 g/mol. The van der Waals surface area contributed by atoms with E-state index in [0.29, 0.717) is 0 Å². The van der Waals surface area contributed by atoms with Crippen molar-refractivity contribution in [3.8, 4) is 11.3 Å². The Morgan fingerprint density at radius 3 is 2.75 bits per heavy atom. The summed E-state index contributed by atoms with van der Waals surface area (Å²) >= 11 is 0. The summed E-state index contributed by atoms with van der Waals surface area (Å²) in [4.78, 5) is 0. The van der Waals surface area contributed by atoms with E-state index in [9.17, 15) is 0 Å². The molecule has 0 unspecified atom stereocenters. The molecule has 0 saturated heterocycles. The zero-order valence-electron chi connectivity index (χ0n) is 14.5. The molecule has 0 bridgehead atoms. The first-order valence-corrected chi connectivity index (χ1v) is 5.21. The second-order valence-electron chi connectivity index (χ2n) is 3.85. The first kappa shape index (κ1) is 6.19. The highest BCUT2D eigenvalue weighted by molar-refractivity contribution is 5.60. The second kappa shape index (κ2) is 4.48. The Balaban J connectivity index is 2.51. The molecular formula is C15H18N+. The Bertz CT molecular complexity index is 661. The number of hydrogen-bond acceptors (Lipinski definition) is 0. The molecule has 0 aliphatic heterocycles. The molecule has 82 valence electrons. The van der Waals surface area contributed by atoms with E-state index in [2.05, 4.69) is 0 Å². The maximum atomic E-state index is 7.82. The van der Waals surface area contributed by atoms with E-state index in [0.717, 1.165) is 16.8 Å². The van der Waals surface area contributed by atoms with Crippen molar-refractivity contribution < 1.29 is 11.4 Å². The number of pyridine rings is 1. The van der Waals surface area contributed by atoms with Gasteiger partial charge in [0.2, 0.25) is 5.69 Å². The van der Waals surface area contributed by atoms with Gasteiger partial charge in [0, 0.05) is 24.0 Å². The minimum atomic E-state index is -2.69. The Kier molecular flexibility index (Phi) is 1.73. The van der Waals surface area contributed by atoms with Crippen molar-refractivity contribution in [1.29, 1.82) is 0 Å². The van der Waals surface area contributed by atoms with Crippen LogP contribution < -0.4 is 4.57 Å². The Morgan fingerprint density at radius 1 is 1.25 bits per heavy atom. The summed E-state index contributed by atoms with van der Waals surface area (Å²) in [6.45, 7) is -0.685. The van der Waals surface area contributed by atoms with Crippen LogP contribution in [0.1, 0.15) is 24.8 Å². The van der Waals surface area contributed by atoms with Crippen LogP contribution in [-0.2, 0) is 13.4 Å². The largest absolute Gasteiger partial charge is 0.212 e. The van der Waals surface area contributed by atoms with Crippen LogP contribution in [0.3, 0.4) is 0 Å². The summed E-state index contributed by atoms with van der Waals surface area (Å²) in [5.74, 6) is 0. The highest BCUT2D eigenvalue weighted by atomic mass is 14.9. The molecule has 1 heterocycles. The lowest BCUT2D eigenvalue weighted by Crippen LogP contribution is -2.31. The minimum Gasteiger partial charge on any atom is -0.201 e. The quantitative estimate of drug-likeness (QED) is 0.681. The average Bonchev–Trinajstić information content (AvgIpc) is 2.38. The summed E-state index contributed by atoms with van der Waals surface area (Å²) in [5, 5.41) is 0. The number of aryl methyl sites for hydroxylation is 3. The fourth-order valence-corrected chi connectivity index (χ4v) is 1.82. The summed E-state index contributed by atoms with van der Waals surface area (Å²) in [7, 11) is 1.79. The molecule has 2 aromatic rings. The van der Waals surface area contributed by atoms with Gasteiger partial charge in [0.1, 0.15) is 7.05 Å². The molecule has 0 aliphatic carbocycles. The second-order valence-corrected chi connectivity index (χ2v) is 3.85. The van der Waals surface area contributed by atoms with Crippen molar-refractivity contribution in [1.82, 2.24) is 0 Å². The van der Waals surface area contributed by atoms with Crippen molar-refractivity contribution in [2.24, 2.45) is 7.05 Å². The average molecular weight is 217 g/mol. The van der Waals surface area contributed by atoms with Gasteiger partial charge in [-0.3, -0.25) is 0 Å². The third-order valence-electron chi connectivity index (χ3n) is 2.70. The molecule has 0 aliphatic rings. The monoisotopic (exact) mass is 217 g/mol. The van der Waals surface area contributed by atoms with Gasteiger partial charge in [-0.15, -0.1) is 0 Å². The third kappa shape index (κ3) is 1.99. The molecule has 2 rings (SSSR count). The molecule has 0 saturated carbocycles. The van der Waals surface area contributed by atoms with Gasteiger partial charge in [-0.2, -0.15) is 0 Å². The van der Waals surface area contributed by atoms with E-state index in [1.54, 1.807) is 29.9 Å². The molecule has 0 spiro atoms. The van der Waals surface area contributed by atoms with Gasteiger partial charge >= 0.3 is 0 Å². The van der Waals surface area contributed by atoms with Gasteiger partial charge in [-0.25, -0.2) is 4.57 Å². The van der Waals surface area contributed by atoms with Gasteiger partial charge < -0.3 is 0 Å². The molecule has 16 heavy (non-hydrogen) atoms. The minimum absolute atomic E-state index is 0.155. The van der Waals surface area contributed by atoms with E-state index < -0.39 is 13.2 Å². The maximum Gasteiger partial charge on any atom is 0.212 e. The molecule has 0 N–H and O–H groups in total. The van der Waals surface area contributed by atoms with Gasteiger partial charge in [0.05, 0.1) is 0 Å². The third-order valence-corrected chi connectivity index (χ3v) is 2.70. The van der Waals surface area contributed by atoms with E-state index in [-0.39, 0.29) is 5.56 Å². The van der Waals surface area contributed by atoms with Crippen molar-refractivity contribution in [3.05, 3.63) is 53.7 Å². The normalized spacial score (nSPS) is 16.8. The van der Waals surface area contributed by atoms with Crippen molar-refractivity contribution in [2.45, 2.75) is 20.1 Å². The number of benzene rings is 1. The molecule has 0 atom stereocenters. The van der Waals surface area contributed by atoms with E-state index in [1.165, 1.54) is 0 Å². The lowest BCUT2D eigenvalue weighted by atomic mass is 10.0. The zero-order chi connectivity index (χ0) is 15.8. The molecule has 1 heteroatoms. The van der Waals surface area contributed by atoms with Crippen LogP contribution in [0.4, 0.5) is 0 Å². The summed E-state index contributed by atoms with van der Waals surface area (Å²) in [6, 6.07) is 11.2. The van der Waals surface area contributed by atoms with Crippen molar-refractivity contribution >= 4 is 0 Å². The van der Waals surface area contributed by atoms with Crippen LogP contribution in [0.2, 0.25) is 0 Å². The predicted molar refractivity (Wildman–Crippen MR) is 67.2 cm³/mol. The molecule has 0 fully saturated rings. The fourth-order valence-electron chi connectivity index (χ4n) is 1.82. The van der Waals surface area contributed by atoms with Crippen molar-refractivity contribution in [3.63, 3.8) is 0 Å². The van der Waals surface area contributed by atoms with Crippen LogP contribution in [0.5, 0.6) is 0 Å². The molecule has 0 radical (unpaired) electrons. The molecule has 1 nitrogen and oxygen atoms in total. The van der Waals surface area contributed by atoms with Crippen LogP contribution in [-0.4, -0.2) is 0 Å². The zero-order valence-corrected chi connectivity index (χ0v) is 9.49. The summed E-state index contributed by atoms with van der Waals surface area (Å²) in [5.41, 5.74) is 3.22. The van der Waals surface area contributed by atoms with Gasteiger partial charge in [-0.1, -0.05) is 25.1 Å². The summed E-state index contributed by atoms with van der Waals surface area (Å²) < 4.78 is 39.4. The van der Waals surface area contributed by atoms with Crippen LogP contribution in [0, 0.1) is 6.92 Å². The van der Waals surface area contributed by atoms with E-state index in [4.69, 9.17) is 6.85 Å². The standard InChI is InChI=1S/C15H18N/c1-4-13-9-10-15(16(3)11-13)14-8-6-5-7-12(14)2/h5-11H,4H2,1-3H3/q+1/i1D3,4D2. The SMILES string of the molecule is [2H]C([2H])([2H])C([2H])([2H])c1ccc(-c2ccccc2C)[n+](C)c1. The Hall–Kier alpha value is -1.63. The first-order chi connectivity index (χ1) is 9.64. The van der Waals surface area contributed by atoms with Gasteiger partial charge in [0.25, 0.3) is 0 Å². The van der Waals surface area contributed by atoms with Crippen LogP contribution in [0.15, 0.2) is 42.6 Å². The topological polar surface area (TPSA) is 3.88 Å². The molecule has 0 amide bonds. The maximum absolute atomic E-state index is 7.82. The highest BCUT2D eigenvalue weighted by Crippen LogP contribution is 2.19. The lowest BCUT2D eigenvalue weighted by molar-refractivity contribution is -0.660. The number of rotatable bonds is 2. The Morgan fingerprint density at radius 2 is 2.06 bits per heavy atom. The lowest BCUT2D eigenvalue weighted by Gasteiger charge is -2.04. The predicted octanol–water partition coefficient (Wildman–Crippen LogP) is 3.05. The molecule has 1 aromatic heterocycles. The first-order valence-electron chi connectivity index (χ1n) is 7.71. The number of aromatic nitrogens is 1. The van der Waals surface area contributed by atoms with E-state index in [1.807, 2.05) is 31.2 Å². The number of nitrogens with zero attached hydrogens (tertiary/aromatic N) is 1.